The van der Waals surface area contributed by atoms with Crippen LogP contribution in [0.15, 0.2) is 12.4 Å². The molecule has 1 aliphatic rings. The Bertz CT molecular complexity index is 306. The zero-order valence-corrected chi connectivity index (χ0v) is 9.31. The molecule has 0 atom stereocenters. The highest BCUT2D eigenvalue weighted by Crippen LogP contribution is 2.20. The second-order valence-corrected chi connectivity index (χ2v) is 4.05. The van der Waals surface area contributed by atoms with Crippen molar-refractivity contribution in [2.45, 2.75) is 19.9 Å². The molecule has 0 amide bonds. The molecule has 0 N–H and O–H groups in total. The average molecular weight is 207 g/mol. The van der Waals surface area contributed by atoms with Gasteiger partial charge in [0.05, 0.1) is 7.11 Å². The van der Waals surface area contributed by atoms with Crippen LogP contribution in [-0.4, -0.2) is 35.1 Å². The van der Waals surface area contributed by atoms with E-state index in [1.165, 1.54) is 19.5 Å². The first-order valence-electron chi connectivity index (χ1n) is 5.39. The maximum Gasteiger partial charge on any atom is 0.316 e. The van der Waals surface area contributed by atoms with Crippen molar-refractivity contribution in [3.05, 3.63) is 18.0 Å². The average Bonchev–Trinajstić information content (AvgIpc) is 2.23. The third-order valence-corrected chi connectivity index (χ3v) is 2.88. The Hall–Kier alpha value is -1.16. The van der Waals surface area contributed by atoms with Gasteiger partial charge in [0.1, 0.15) is 0 Å². The molecule has 82 valence electrons. The van der Waals surface area contributed by atoms with Gasteiger partial charge in [0, 0.05) is 37.6 Å². The van der Waals surface area contributed by atoms with E-state index in [1.54, 1.807) is 7.11 Å². The number of hydrogen-bond acceptors (Lipinski definition) is 4. The second kappa shape index (κ2) is 4.57. The molecule has 1 aromatic heterocycles. The van der Waals surface area contributed by atoms with Crippen LogP contribution in [0.5, 0.6) is 6.01 Å². The molecule has 0 unspecified atom stereocenters. The van der Waals surface area contributed by atoms with Crippen LogP contribution in [-0.2, 0) is 6.54 Å². The zero-order chi connectivity index (χ0) is 10.7. The van der Waals surface area contributed by atoms with Gasteiger partial charge in [-0.2, -0.15) is 0 Å². The molecule has 1 aliphatic heterocycles. The van der Waals surface area contributed by atoms with Crippen molar-refractivity contribution in [3.63, 3.8) is 0 Å². The van der Waals surface area contributed by atoms with Crippen molar-refractivity contribution in [1.29, 1.82) is 0 Å². The lowest BCUT2D eigenvalue weighted by Gasteiger charge is -2.38. The number of likely N-dealkylation sites (tertiary alicyclic amines) is 1. The lowest BCUT2D eigenvalue weighted by Crippen LogP contribution is -2.45. The Morgan fingerprint density at radius 1 is 1.40 bits per heavy atom. The van der Waals surface area contributed by atoms with Crippen molar-refractivity contribution < 1.29 is 4.74 Å². The molecule has 2 rings (SSSR count). The summed E-state index contributed by atoms with van der Waals surface area (Å²) in [5, 5.41) is 0. The van der Waals surface area contributed by atoms with E-state index in [4.69, 9.17) is 4.74 Å². The summed E-state index contributed by atoms with van der Waals surface area (Å²) in [7, 11) is 1.58. The maximum atomic E-state index is 4.91. The van der Waals surface area contributed by atoms with Gasteiger partial charge in [0.2, 0.25) is 0 Å². The Labute approximate surface area is 90.3 Å². The molecule has 1 fully saturated rings. The number of ether oxygens (including phenoxy) is 1. The van der Waals surface area contributed by atoms with E-state index in [0.29, 0.717) is 6.01 Å². The molecule has 0 aromatic carbocycles. The first kappa shape index (κ1) is 10.4. The highest BCUT2D eigenvalue weighted by Gasteiger charge is 2.24. The zero-order valence-electron chi connectivity index (χ0n) is 9.31. The van der Waals surface area contributed by atoms with Crippen molar-refractivity contribution in [2.24, 2.45) is 5.92 Å². The molecule has 0 saturated carbocycles. The predicted molar refractivity (Wildman–Crippen MR) is 57.6 cm³/mol. The van der Waals surface area contributed by atoms with Crippen LogP contribution in [0.25, 0.3) is 0 Å². The summed E-state index contributed by atoms with van der Waals surface area (Å²) in [5.74, 6) is 0.893. The third kappa shape index (κ3) is 2.45. The van der Waals surface area contributed by atoms with Gasteiger partial charge in [-0.05, 0) is 5.92 Å². The van der Waals surface area contributed by atoms with Gasteiger partial charge in [0.25, 0.3) is 0 Å². The largest absolute Gasteiger partial charge is 0.467 e. The lowest BCUT2D eigenvalue weighted by molar-refractivity contribution is 0.0896. The molecular weight excluding hydrogens is 190 g/mol. The molecule has 0 spiro atoms. The van der Waals surface area contributed by atoms with E-state index in [0.717, 1.165) is 18.0 Å². The highest BCUT2D eigenvalue weighted by molar-refractivity contribution is 5.08. The lowest BCUT2D eigenvalue weighted by atomic mass is 9.97. The minimum Gasteiger partial charge on any atom is -0.467 e. The quantitative estimate of drug-likeness (QED) is 0.746. The van der Waals surface area contributed by atoms with Gasteiger partial charge in [-0.15, -0.1) is 0 Å². The van der Waals surface area contributed by atoms with E-state index in [1.807, 2.05) is 12.4 Å². The number of nitrogens with zero attached hydrogens (tertiary/aromatic N) is 3. The smallest absolute Gasteiger partial charge is 0.316 e. The summed E-state index contributed by atoms with van der Waals surface area (Å²) in [6.45, 7) is 5.63. The van der Waals surface area contributed by atoms with Crippen LogP contribution in [0.3, 0.4) is 0 Å². The van der Waals surface area contributed by atoms with Crippen LogP contribution in [0.1, 0.15) is 18.9 Å². The van der Waals surface area contributed by atoms with Crippen molar-refractivity contribution in [2.75, 3.05) is 20.2 Å². The first-order valence-corrected chi connectivity index (χ1v) is 5.39. The molecule has 2 heterocycles. The summed E-state index contributed by atoms with van der Waals surface area (Å²) in [4.78, 5) is 10.6. The minimum absolute atomic E-state index is 0.439. The van der Waals surface area contributed by atoms with E-state index in [-0.39, 0.29) is 0 Å². The summed E-state index contributed by atoms with van der Waals surface area (Å²) in [6, 6.07) is 0.439. The monoisotopic (exact) mass is 207 g/mol. The topological polar surface area (TPSA) is 38.2 Å². The number of methoxy groups -OCH3 is 1. The fourth-order valence-corrected chi connectivity index (χ4v) is 1.85. The van der Waals surface area contributed by atoms with E-state index in [9.17, 15) is 0 Å². The molecule has 0 radical (unpaired) electrons. The van der Waals surface area contributed by atoms with Crippen LogP contribution in [0, 0.1) is 5.92 Å². The Kier molecular flexibility index (Phi) is 3.16. The predicted octanol–water partition coefficient (Wildman–Crippen LogP) is 1.33. The van der Waals surface area contributed by atoms with Crippen molar-refractivity contribution >= 4 is 0 Å². The molecular formula is C11H17N3O. The standard InChI is InChI=1S/C11H17N3O/c1-3-9-6-14(7-9)8-10-4-12-11(15-2)13-5-10/h4-5,9H,3,6-8H2,1-2H3. The Morgan fingerprint density at radius 2 is 2.07 bits per heavy atom. The maximum absolute atomic E-state index is 4.91. The molecule has 4 nitrogen and oxygen atoms in total. The SMILES string of the molecule is CCC1CN(Cc2cnc(OC)nc2)C1. The third-order valence-electron chi connectivity index (χ3n) is 2.88. The van der Waals surface area contributed by atoms with Crippen molar-refractivity contribution in [1.82, 2.24) is 14.9 Å². The molecule has 0 aliphatic carbocycles. The first-order chi connectivity index (χ1) is 7.31. The van der Waals surface area contributed by atoms with Crippen LogP contribution in [0.4, 0.5) is 0 Å². The molecule has 1 saturated heterocycles. The number of aromatic nitrogens is 2. The van der Waals surface area contributed by atoms with Crippen molar-refractivity contribution in [3.8, 4) is 6.01 Å². The van der Waals surface area contributed by atoms with Gasteiger partial charge in [-0.25, -0.2) is 9.97 Å². The summed E-state index contributed by atoms with van der Waals surface area (Å²) in [5.41, 5.74) is 1.16. The van der Waals surface area contributed by atoms with E-state index in [2.05, 4.69) is 21.8 Å². The number of rotatable bonds is 4. The normalized spacial score (nSPS) is 17.5. The van der Waals surface area contributed by atoms with Crippen LogP contribution in [0.2, 0.25) is 0 Å². The summed E-state index contributed by atoms with van der Waals surface area (Å²) >= 11 is 0. The molecule has 4 heteroatoms. The molecule has 15 heavy (non-hydrogen) atoms. The fraction of sp³-hybridized carbons (Fsp3) is 0.636. The van der Waals surface area contributed by atoms with Gasteiger partial charge < -0.3 is 4.74 Å². The van der Waals surface area contributed by atoms with E-state index >= 15 is 0 Å². The molecule has 0 bridgehead atoms. The van der Waals surface area contributed by atoms with Gasteiger partial charge in [-0.3, -0.25) is 4.90 Å². The Balaban J connectivity index is 1.84. The Morgan fingerprint density at radius 3 is 2.60 bits per heavy atom. The fourth-order valence-electron chi connectivity index (χ4n) is 1.85. The van der Waals surface area contributed by atoms with Gasteiger partial charge >= 0.3 is 6.01 Å². The highest BCUT2D eigenvalue weighted by atomic mass is 16.5. The summed E-state index contributed by atoms with van der Waals surface area (Å²) < 4.78 is 4.91. The van der Waals surface area contributed by atoms with Gasteiger partial charge in [0.15, 0.2) is 0 Å². The minimum atomic E-state index is 0.439. The van der Waals surface area contributed by atoms with Crippen LogP contribution >= 0.6 is 0 Å². The van der Waals surface area contributed by atoms with E-state index < -0.39 is 0 Å². The molecule has 1 aromatic rings. The number of hydrogen-bond donors (Lipinski definition) is 0. The second-order valence-electron chi connectivity index (χ2n) is 4.05. The van der Waals surface area contributed by atoms with Crippen LogP contribution < -0.4 is 4.74 Å². The summed E-state index contributed by atoms with van der Waals surface area (Å²) in [6.07, 6.45) is 4.96. The van der Waals surface area contributed by atoms with Gasteiger partial charge in [-0.1, -0.05) is 13.3 Å².